The minimum atomic E-state index is -1.99. The van der Waals surface area contributed by atoms with Gasteiger partial charge in [-0.25, -0.2) is 0 Å². The van der Waals surface area contributed by atoms with Gasteiger partial charge in [0.05, 0.1) is 6.10 Å². The minimum Gasteiger partial charge on any atom is -0.389 e. The molecular weight excluding hydrogens is 361 g/mol. The monoisotopic (exact) mass is 370 g/mol. The summed E-state index contributed by atoms with van der Waals surface area (Å²) in [5.41, 5.74) is 0.885. The second kappa shape index (κ2) is 6.08. The highest BCUT2D eigenvalue weighted by molar-refractivity contribution is 6.75. The Labute approximate surface area is 142 Å². The number of rotatable bonds is 3. The van der Waals surface area contributed by atoms with Crippen LogP contribution in [0.2, 0.25) is 0 Å². The number of aliphatic hydroxyl groups excluding tert-OH is 1. The van der Waals surface area contributed by atoms with E-state index < -0.39 is 14.2 Å². The first kappa shape index (κ1) is 16.5. The fourth-order valence-corrected chi connectivity index (χ4v) is 2.53. The number of benzene rings is 2. The van der Waals surface area contributed by atoms with Gasteiger partial charge >= 0.3 is 0 Å². The van der Waals surface area contributed by atoms with Crippen molar-refractivity contribution >= 4 is 68.8 Å². The van der Waals surface area contributed by atoms with Crippen LogP contribution in [0.25, 0.3) is 10.8 Å². The summed E-state index contributed by atoms with van der Waals surface area (Å²) in [6.45, 7) is 0. The zero-order chi connectivity index (χ0) is 15.0. The quantitative estimate of drug-likeness (QED) is 0.726. The maximum atomic E-state index is 10.2. The van der Waals surface area contributed by atoms with Crippen LogP contribution in [0.15, 0.2) is 42.5 Å². The van der Waals surface area contributed by atoms with Gasteiger partial charge in [-0.15, -0.1) is 0 Å². The van der Waals surface area contributed by atoms with E-state index in [9.17, 15) is 5.11 Å². The maximum Gasteiger partial charge on any atom is 0.225 e. The van der Waals surface area contributed by atoms with Crippen LogP contribution < -0.4 is 0 Å². The molecule has 2 aromatic rings. The number of fused-ring (bicyclic) bond motifs is 1. The lowest BCUT2D eigenvalue weighted by atomic mass is 9.99. The van der Waals surface area contributed by atoms with E-state index in [1.807, 2.05) is 42.5 Å². The molecule has 0 aliphatic rings. The summed E-state index contributed by atoms with van der Waals surface area (Å²) in [5, 5.41) is 12.3. The Morgan fingerprint density at radius 2 is 1.50 bits per heavy atom. The molecule has 0 saturated carbocycles. The van der Waals surface area contributed by atoms with Gasteiger partial charge in [-0.2, -0.15) is 0 Å². The van der Waals surface area contributed by atoms with Crippen LogP contribution in [0.5, 0.6) is 0 Å². The van der Waals surface area contributed by atoms with E-state index in [4.69, 9.17) is 58.0 Å². The molecule has 1 N–H and O–H groups in total. The van der Waals surface area contributed by atoms with E-state index in [-0.39, 0.29) is 6.42 Å². The highest BCUT2D eigenvalue weighted by Gasteiger charge is 2.51. The van der Waals surface area contributed by atoms with E-state index in [0.717, 1.165) is 16.3 Å². The Hall–Kier alpha value is 0.110. The molecule has 6 heteroatoms. The third-order valence-corrected chi connectivity index (χ3v) is 5.64. The lowest BCUT2D eigenvalue weighted by molar-refractivity contribution is 0.157. The van der Waals surface area contributed by atoms with Crippen LogP contribution in [0, 0.1) is 0 Å². The minimum absolute atomic E-state index is 0.183. The molecule has 0 bridgehead atoms. The van der Waals surface area contributed by atoms with Crippen molar-refractivity contribution in [1.82, 2.24) is 0 Å². The van der Waals surface area contributed by atoms with Crippen LogP contribution in [-0.2, 0) is 6.42 Å². The van der Waals surface area contributed by atoms with E-state index in [0.29, 0.717) is 0 Å². The fourth-order valence-electron chi connectivity index (χ4n) is 2.00. The van der Waals surface area contributed by atoms with Crippen molar-refractivity contribution in [1.29, 1.82) is 0 Å². The Morgan fingerprint density at radius 1 is 0.900 bits per heavy atom. The first-order chi connectivity index (χ1) is 9.23. The van der Waals surface area contributed by atoms with E-state index in [2.05, 4.69) is 0 Å². The summed E-state index contributed by atoms with van der Waals surface area (Å²) in [6.07, 6.45) is -1.04. The fraction of sp³-hybridized carbons (Fsp3) is 0.286. The molecule has 0 fully saturated rings. The Morgan fingerprint density at radius 3 is 2.15 bits per heavy atom. The lowest BCUT2D eigenvalue weighted by Crippen LogP contribution is -2.44. The van der Waals surface area contributed by atoms with Gasteiger partial charge in [0.15, 0.2) is 4.33 Å². The molecule has 0 spiro atoms. The normalized spacial score (nSPS) is 14.5. The van der Waals surface area contributed by atoms with Gasteiger partial charge in [0.1, 0.15) is 0 Å². The molecular formula is C14H11Cl5O. The summed E-state index contributed by atoms with van der Waals surface area (Å²) in [7, 11) is 0. The van der Waals surface area contributed by atoms with Crippen molar-refractivity contribution in [3.8, 4) is 0 Å². The van der Waals surface area contributed by atoms with Gasteiger partial charge in [0.25, 0.3) is 0 Å². The summed E-state index contributed by atoms with van der Waals surface area (Å²) in [4.78, 5) is 0. The first-order valence-corrected chi connectivity index (χ1v) is 7.71. The molecule has 20 heavy (non-hydrogen) atoms. The number of halogens is 5. The lowest BCUT2D eigenvalue weighted by Gasteiger charge is -2.32. The molecule has 1 unspecified atom stereocenters. The third-order valence-electron chi connectivity index (χ3n) is 3.09. The molecule has 0 radical (unpaired) electrons. The van der Waals surface area contributed by atoms with Crippen LogP contribution >= 0.6 is 58.0 Å². The van der Waals surface area contributed by atoms with Crippen LogP contribution in [0.1, 0.15) is 5.56 Å². The Bertz CT molecular complexity index is 601. The van der Waals surface area contributed by atoms with Crippen molar-refractivity contribution in [3.63, 3.8) is 0 Å². The number of hydrogen-bond donors (Lipinski definition) is 1. The predicted molar refractivity (Wildman–Crippen MR) is 88.4 cm³/mol. The molecule has 108 valence electrons. The largest absolute Gasteiger partial charge is 0.389 e. The predicted octanol–water partition coefficient (Wildman–Crippen LogP) is 5.29. The van der Waals surface area contributed by atoms with Crippen LogP contribution in [0.3, 0.4) is 0 Å². The van der Waals surface area contributed by atoms with Crippen molar-refractivity contribution in [2.24, 2.45) is 0 Å². The van der Waals surface area contributed by atoms with Crippen LogP contribution in [0.4, 0.5) is 0 Å². The molecule has 0 aromatic heterocycles. The SMILES string of the molecule is OC(Cc1cccc2ccccc12)C(Cl)(Cl)C(Cl)(Cl)Cl. The van der Waals surface area contributed by atoms with Gasteiger partial charge in [0, 0.05) is 6.42 Å². The van der Waals surface area contributed by atoms with Crippen molar-refractivity contribution in [2.75, 3.05) is 0 Å². The molecule has 0 saturated heterocycles. The summed E-state index contributed by atoms with van der Waals surface area (Å²) in [5.74, 6) is 0. The highest BCUT2D eigenvalue weighted by atomic mass is 35.6. The zero-order valence-corrected chi connectivity index (χ0v) is 13.9. The molecule has 2 rings (SSSR count). The summed E-state index contributed by atoms with van der Waals surface area (Å²) >= 11 is 29.1. The van der Waals surface area contributed by atoms with Gasteiger partial charge in [-0.1, -0.05) is 100 Å². The van der Waals surface area contributed by atoms with Crippen molar-refractivity contribution < 1.29 is 5.11 Å². The van der Waals surface area contributed by atoms with E-state index in [1.165, 1.54) is 0 Å². The molecule has 1 nitrogen and oxygen atoms in total. The van der Waals surface area contributed by atoms with E-state index >= 15 is 0 Å². The first-order valence-electron chi connectivity index (χ1n) is 5.82. The van der Waals surface area contributed by atoms with Gasteiger partial charge in [-0.05, 0) is 16.3 Å². The second-order valence-corrected chi connectivity index (χ2v) is 8.15. The molecule has 0 aliphatic heterocycles. The van der Waals surface area contributed by atoms with Gasteiger partial charge < -0.3 is 5.11 Å². The average molecular weight is 373 g/mol. The van der Waals surface area contributed by atoms with Crippen molar-refractivity contribution in [2.45, 2.75) is 20.7 Å². The van der Waals surface area contributed by atoms with Crippen molar-refractivity contribution in [3.05, 3.63) is 48.0 Å². The highest BCUT2D eigenvalue weighted by Crippen LogP contribution is 2.48. The van der Waals surface area contributed by atoms with E-state index in [1.54, 1.807) is 0 Å². The van der Waals surface area contributed by atoms with Crippen LogP contribution in [-0.4, -0.2) is 19.3 Å². The standard InChI is InChI=1S/C14H11Cl5O/c15-13(16,14(17,18)19)12(20)8-10-6-3-5-9-4-1-2-7-11(9)10/h1-7,12,20H,8H2. The second-order valence-electron chi connectivity index (χ2n) is 4.48. The zero-order valence-electron chi connectivity index (χ0n) is 10.2. The Balaban J connectivity index is 2.33. The number of aliphatic hydroxyl groups is 1. The van der Waals surface area contributed by atoms with Gasteiger partial charge in [0.2, 0.25) is 3.79 Å². The topological polar surface area (TPSA) is 20.2 Å². The molecule has 0 heterocycles. The Kier molecular flexibility index (Phi) is 5.01. The smallest absolute Gasteiger partial charge is 0.225 e. The number of alkyl halides is 5. The summed E-state index contributed by atoms with van der Waals surface area (Å²) in [6, 6.07) is 13.6. The summed E-state index contributed by atoms with van der Waals surface area (Å²) < 4.78 is -3.88. The third kappa shape index (κ3) is 3.30. The molecule has 2 aromatic carbocycles. The molecule has 0 amide bonds. The van der Waals surface area contributed by atoms with Gasteiger partial charge in [-0.3, -0.25) is 0 Å². The maximum absolute atomic E-state index is 10.2. The molecule has 1 atom stereocenters. The molecule has 0 aliphatic carbocycles. The number of hydrogen-bond acceptors (Lipinski definition) is 1. The average Bonchev–Trinajstić information content (AvgIpc) is 2.37.